The van der Waals surface area contributed by atoms with E-state index in [1.807, 2.05) is 0 Å². The van der Waals surface area contributed by atoms with E-state index < -0.39 is 9.84 Å². The zero-order chi connectivity index (χ0) is 11.6. The second-order valence-electron chi connectivity index (χ2n) is 5.34. The molecule has 0 bridgehead atoms. The van der Waals surface area contributed by atoms with E-state index in [2.05, 4.69) is 5.32 Å². The first kappa shape index (κ1) is 12.3. The Morgan fingerprint density at radius 3 is 2.69 bits per heavy atom. The molecule has 1 unspecified atom stereocenters. The Morgan fingerprint density at radius 1 is 1.44 bits per heavy atom. The van der Waals surface area contributed by atoms with Crippen LogP contribution in [0.3, 0.4) is 0 Å². The lowest BCUT2D eigenvalue weighted by Gasteiger charge is -2.27. The summed E-state index contributed by atoms with van der Waals surface area (Å²) >= 11 is 0. The number of hydrogen-bond donors (Lipinski definition) is 1. The topological polar surface area (TPSA) is 55.4 Å². The number of sulfone groups is 1. The lowest BCUT2D eigenvalue weighted by atomic mass is 9.84. The second kappa shape index (κ2) is 4.63. The molecule has 1 saturated carbocycles. The summed E-state index contributed by atoms with van der Waals surface area (Å²) in [5.41, 5.74) is 0.0612. The largest absolute Gasteiger partial charge is 0.381 e. The molecule has 1 aliphatic carbocycles. The van der Waals surface area contributed by atoms with Crippen molar-refractivity contribution < 1.29 is 13.2 Å². The highest BCUT2D eigenvalue weighted by Crippen LogP contribution is 2.33. The molecule has 2 aliphatic rings. The van der Waals surface area contributed by atoms with Crippen LogP contribution in [0.25, 0.3) is 0 Å². The van der Waals surface area contributed by atoms with Crippen molar-refractivity contribution in [1.82, 2.24) is 5.32 Å². The minimum absolute atomic E-state index is 0.0612. The highest BCUT2D eigenvalue weighted by atomic mass is 32.2. The molecule has 1 saturated heterocycles. The van der Waals surface area contributed by atoms with Gasteiger partial charge >= 0.3 is 0 Å². The molecule has 2 fully saturated rings. The van der Waals surface area contributed by atoms with Gasteiger partial charge in [0.1, 0.15) is 9.84 Å². The monoisotopic (exact) mass is 247 g/mol. The molecule has 16 heavy (non-hydrogen) atoms. The van der Waals surface area contributed by atoms with Crippen molar-refractivity contribution in [2.75, 3.05) is 31.8 Å². The average Bonchev–Trinajstić information content (AvgIpc) is 2.91. The fraction of sp³-hybridized carbons (Fsp3) is 1.00. The molecule has 0 aromatic carbocycles. The third-order valence-electron chi connectivity index (χ3n) is 3.53. The third-order valence-corrected chi connectivity index (χ3v) is 4.48. The van der Waals surface area contributed by atoms with E-state index in [0.717, 1.165) is 26.0 Å². The molecular formula is C11H21NO3S. The molecule has 1 atom stereocenters. The maximum absolute atomic E-state index is 11.2. The van der Waals surface area contributed by atoms with Crippen molar-refractivity contribution in [2.45, 2.75) is 31.7 Å². The van der Waals surface area contributed by atoms with Gasteiger partial charge < -0.3 is 10.1 Å². The summed E-state index contributed by atoms with van der Waals surface area (Å²) in [4.78, 5) is 0. The summed E-state index contributed by atoms with van der Waals surface area (Å²) in [7, 11) is -2.86. The van der Waals surface area contributed by atoms with E-state index >= 15 is 0 Å². The van der Waals surface area contributed by atoms with Crippen LogP contribution in [0.5, 0.6) is 0 Å². The molecule has 1 N–H and O–H groups in total. The Bertz CT molecular complexity index is 329. The van der Waals surface area contributed by atoms with Crippen LogP contribution in [0.1, 0.15) is 25.7 Å². The molecule has 0 aromatic rings. The van der Waals surface area contributed by atoms with Gasteiger partial charge in [0, 0.05) is 30.9 Å². The maximum Gasteiger partial charge on any atom is 0.147 e. The second-order valence-corrected chi connectivity index (χ2v) is 7.60. The van der Waals surface area contributed by atoms with Crippen molar-refractivity contribution in [1.29, 1.82) is 0 Å². The molecule has 0 spiro atoms. The number of ether oxygens (including phenoxy) is 1. The van der Waals surface area contributed by atoms with Crippen LogP contribution in [-0.2, 0) is 14.6 Å². The molecule has 0 aromatic heterocycles. The normalized spacial score (nSPS) is 30.8. The number of rotatable bonds is 6. The smallest absolute Gasteiger partial charge is 0.147 e. The van der Waals surface area contributed by atoms with Crippen molar-refractivity contribution in [2.24, 2.45) is 5.41 Å². The zero-order valence-electron chi connectivity index (χ0n) is 9.87. The predicted octanol–water partition coefficient (Wildman–Crippen LogP) is 0.580. The standard InChI is InChI=1S/C11H21NO3S/c1-16(13,14)7-5-11(4-6-15-9-11)8-12-10-2-3-10/h10,12H,2-9H2,1H3. The van der Waals surface area contributed by atoms with E-state index in [4.69, 9.17) is 4.74 Å². The van der Waals surface area contributed by atoms with Crippen molar-refractivity contribution >= 4 is 9.84 Å². The van der Waals surface area contributed by atoms with E-state index in [1.54, 1.807) is 0 Å². The van der Waals surface area contributed by atoms with Gasteiger partial charge in [0.2, 0.25) is 0 Å². The van der Waals surface area contributed by atoms with Gasteiger partial charge in [-0.1, -0.05) is 0 Å². The van der Waals surface area contributed by atoms with Crippen LogP contribution in [-0.4, -0.2) is 46.2 Å². The summed E-state index contributed by atoms with van der Waals surface area (Å²) in [6.45, 7) is 2.39. The van der Waals surface area contributed by atoms with Gasteiger partial charge in [0.15, 0.2) is 0 Å². The van der Waals surface area contributed by atoms with Crippen LogP contribution < -0.4 is 5.32 Å². The molecule has 5 heteroatoms. The Balaban J connectivity index is 1.86. The quantitative estimate of drug-likeness (QED) is 0.746. The van der Waals surface area contributed by atoms with E-state index in [-0.39, 0.29) is 11.2 Å². The Hall–Kier alpha value is -0.130. The van der Waals surface area contributed by atoms with Gasteiger partial charge in [-0.05, 0) is 25.7 Å². The van der Waals surface area contributed by atoms with Gasteiger partial charge in [0.25, 0.3) is 0 Å². The fourth-order valence-electron chi connectivity index (χ4n) is 2.12. The molecule has 2 rings (SSSR count). The molecule has 0 radical (unpaired) electrons. The minimum Gasteiger partial charge on any atom is -0.381 e. The summed E-state index contributed by atoms with van der Waals surface area (Å²) in [5, 5.41) is 3.50. The molecule has 94 valence electrons. The average molecular weight is 247 g/mol. The van der Waals surface area contributed by atoms with E-state index in [9.17, 15) is 8.42 Å². The third kappa shape index (κ3) is 3.71. The number of nitrogens with one attached hydrogen (secondary N) is 1. The van der Waals surface area contributed by atoms with Crippen LogP contribution in [0.15, 0.2) is 0 Å². The highest BCUT2D eigenvalue weighted by Gasteiger charge is 2.36. The zero-order valence-corrected chi connectivity index (χ0v) is 10.7. The van der Waals surface area contributed by atoms with Gasteiger partial charge in [-0.3, -0.25) is 0 Å². The first-order chi connectivity index (χ1) is 7.49. The maximum atomic E-state index is 11.2. The first-order valence-electron chi connectivity index (χ1n) is 5.98. The van der Waals surface area contributed by atoms with Crippen LogP contribution in [0.4, 0.5) is 0 Å². The summed E-state index contributed by atoms with van der Waals surface area (Å²) < 4.78 is 27.9. The van der Waals surface area contributed by atoms with Crippen molar-refractivity contribution in [3.63, 3.8) is 0 Å². The van der Waals surface area contributed by atoms with Gasteiger partial charge in [0.05, 0.1) is 12.4 Å². The van der Waals surface area contributed by atoms with Gasteiger partial charge in [-0.2, -0.15) is 0 Å². The van der Waals surface area contributed by atoms with Gasteiger partial charge in [-0.15, -0.1) is 0 Å². The molecule has 4 nitrogen and oxygen atoms in total. The predicted molar refractivity (Wildman–Crippen MR) is 63.2 cm³/mol. The summed E-state index contributed by atoms with van der Waals surface area (Å²) in [6.07, 6.45) is 5.56. The van der Waals surface area contributed by atoms with Crippen LogP contribution in [0.2, 0.25) is 0 Å². The molecule has 0 amide bonds. The highest BCUT2D eigenvalue weighted by molar-refractivity contribution is 7.90. The Kier molecular flexibility index (Phi) is 3.56. The Labute approximate surface area is 97.7 Å². The van der Waals surface area contributed by atoms with E-state index in [0.29, 0.717) is 12.6 Å². The molecule has 1 heterocycles. The fourth-order valence-corrected chi connectivity index (χ4v) is 2.93. The molecular weight excluding hydrogens is 226 g/mol. The SMILES string of the molecule is CS(=O)(=O)CCC1(CNC2CC2)CCOC1. The Morgan fingerprint density at radius 2 is 2.19 bits per heavy atom. The minimum atomic E-state index is -2.86. The first-order valence-corrected chi connectivity index (χ1v) is 8.04. The summed E-state index contributed by atoms with van der Waals surface area (Å²) in [5.74, 6) is 0.280. The van der Waals surface area contributed by atoms with Crippen LogP contribution in [0, 0.1) is 5.41 Å². The lowest BCUT2D eigenvalue weighted by Crippen LogP contribution is -2.37. The van der Waals surface area contributed by atoms with Crippen molar-refractivity contribution in [3.05, 3.63) is 0 Å². The van der Waals surface area contributed by atoms with Crippen molar-refractivity contribution in [3.8, 4) is 0 Å². The van der Waals surface area contributed by atoms with Gasteiger partial charge in [-0.25, -0.2) is 8.42 Å². The van der Waals surface area contributed by atoms with E-state index in [1.165, 1.54) is 19.1 Å². The molecule has 1 aliphatic heterocycles. The number of hydrogen-bond acceptors (Lipinski definition) is 4. The lowest BCUT2D eigenvalue weighted by molar-refractivity contribution is 0.147. The van der Waals surface area contributed by atoms with Crippen LogP contribution >= 0.6 is 0 Å². The summed E-state index contributed by atoms with van der Waals surface area (Å²) in [6, 6.07) is 0.677.